The van der Waals surface area contributed by atoms with Gasteiger partial charge in [0.25, 0.3) is 0 Å². The maximum Gasteiger partial charge on any atom is 0.0582 e. The summed E-state index contributed by atoms with van der Waals surface area (Å²) in [5.74, 6) is 0. The van der Waals surface area contributed by atoms with Crippen LogP contribution in [-0.4, -0.2) is 17.3 Å². The van der Waals surface area contributed by atoms with Crippen molar-refractivity contribution in [2.75, 3.05) is 7.05 Å². The van der Waals surface area contributed by atoms with Gasteiger partial charge >= 0.3 is 0 Å². The molecule has 3 heteroatoms. The molecule has 1 aromatic heterocycles. The average molecular weight is 171 g/mol. The molecular weight excluding hydrogens is 158 g/mol. The topological polar surface area (TPSA) is 23.5 Å². The first kappa shape index (κ1) is 8.71. The van der Waals surface area contributed by atoms with Crippen molar-refractivity contribution in [3.05, 3.63) is 21.9 Å². The van der Waals surface area contributed by atoms with Crippen molar-refractivity contribution < 1.29 is 5.21 Å². The molecule has 1 N–H and O–H groups in total. The van der Waals surface area contributed by atoms with Crippen molar-refractivity contribution in [1.82, 2.24) is 5.06 Å². The molecule has 2 nitrogen and oxygen atoms in total. The molecule has 0 atom stereocenters. The van der Waals surface area contributed by atoms with Gasteiger partial charge in [0.15, 0.2) is 0 Å². The summed E-state index contributed by atoms with van der Waals surface area (Å²) in [6.07, 6.45) is 1.05. The Kier molecular flexibility index (Phi) is 3.05. The van der Waals surface area contributed by atoms with Crippen molar-refractivity contribution >= 4 is 11.3 Å². The highest BCUT2D eigenvalue weighted by Gasteiger charge is 2.03. The second-order valence-corrected chi connectivity index (χ2v) is 3.54. The van der Waals surface area contributed by atoms with E-state index in [0.29, 0.717) is 6.54 Å². The fourth-order valence-corrected chi connectivity index (χ4v) is 2.05. The molecule has 0 unspecified atom stereocenters. The summed E-state index contributed by atoms with van der Waals surface area (Å²) in [6, 6.07) is 2.11. The summed E-state index contributed by atoms with van der Waals surface area (Å²) >= 11 is 1.70. The number of hydroxylamine groups is 2. The molecule has 0 aliphatic carbocycles. The summed E-state index contributed by atoms with van der Waals surface area (Å²) in [5.41, 5.74) is 1.34. The van der Waals surface area contributed by atoms with E-state index in [1.165, 1.54) is 15.5 Å². The van der Waals surface area contributed by atoms with E-state index in [-0.39, 0.29) is 0 Å². The van der Waals surface area contributed by atoms with Gasteiger partial charge < -0.3 is 5.21 Å². The van der Waals surface area contributed by atoms with Crippen LogP contribution in [0.1, 0.15) is 17.4 Å². The highest BCUT2D eigenvalue weighted by Crippen LogP contribution is 2.18. The van der Waals surface area contributed by atoms with E-state index >= 15 is 0 Å². The molecule has 0 fully saturated rings. The van der Waals surface area contributed by atoms with Gasteiger partial charge in [-0.05, 0) is 23.4 Å². The zero-order chi connectivity index (χ0) is 8.27. The molecule has 0 aliphatic rings. The lowest BCUT2D eigenvalue weighted by molar-refractivity contribution is -0.0725. The summed E-state index contributed by atoms with van der Waals surface area (Å²) in [6.45, 7) is 2.77. The van der Waals surface area contributed by atoms with Gasteiger partial charge in [0.05, 0.1) is 6.54 Å². The minimum Gasteiger partial charge on any atom is -0.314 e. The van der Waals surface area contributed by atoms with Gasteiger partial charge in [-0.3, -0.25) is 0 Å². The van der Waals surface area contributed by atoms with Crippen LogP contribution in [0.15, 0.2) is 11.4 Å². The minimum atomic E-state index is 0.640. The summed E-state index contributed by atoms with van der Waals surface area (Å²) in [7, 11) is 1.67. The smallest absolute Gasteiger partial charge is 0.0582 e. The zero-order valence-electron chi connectivity index (χ0n) is 6.87. The second kappa shape index (κ2) is 3.85. The molecule has 1 aromatic rings. The van der Waals surface area contributed by atoms with Crippen LogP contribution in [0.4, 0.5) is 0 Å². The fourth-order valence-electron chi connectivity index (χ4n) is 1.03. The van der Waals surface area contributed by atoms with Gasteiger partial charge in [-0.15, -0.1) is 11.3 Å². The molecule has 0 saturated carbocycles. The van der Waals surface area contributed by atoms with Crippen molar-refractivity contribution in [3.8, 4) is 0 Å². The van der Waals surface area contributed by atoms with Crippen LogP contribution in [0.3, 0.4) is 0 Å². The van der Waals surface area contributed by atoms with Crippen LogP contribution in [0.2, 0.25) is 0 Å². The lowest BCUT2D eigenvalue weighted by atomic mass is 10.2. The second-order valence-electron chi connectivity index (χ2n) is 2.54. The van der Waals surface area contributed by atoms with Crippen LogP contribution in [0.25, 0.3) is 0 Å². The predicted octanol–water partition coefficient (Wildman–Crippen LogP) is 2.13. The number of thiophene rings is 1. The first-order valence-electron chi connectivity index (χ1n) is 3.69. The maximum atomic E-state index is 8.98. The summed E-state index contributed by atoms with van der Waals surface area (Å²) in [4.78, 5) is 1.26. The normalized spacial score (nSPS) is 10.9. The molecule has 0 aliphatic heterocycles. The first-order chi connectivity index (χ1) is 5.24. The Morgan fingerprint density at radius 2 is 2.36 bits per heavy atom. The molecule has 0 radical (unpaired) electrons. The van der Waals surface area contributed by atoms with Gasteiger partial charge in [0, 0.05) is 11.9 Å². The number of hydrogen-bond acceptors (Lipinski definition) is 3. The van der Waals surface area contributed by atoms with Gasteiger partial charge in [-0.2, -0.15) is 5.06 Å². The van der Waals surface area contributed by atoms with E-state index in [2.05, 4.69) is 18.4 Å². The summed E-state index contributed by atoms with van der Waals surface area (Å²) in [5, 5.41) is 12.3. The molecular formula is C8H13NOS. The Bertz CT molecular complexity index is 220. The Morgan fingerprint density at radius 3 is 2.91 bits per heavy atom. The average Bonchev–Trinajstić information content (AvgIpc) is 2.34. The molecule has 1 heterocycles. The molecule has 0 saturated heterocycles. The monoisotopic (exact) mass is 171 g/mol. The van der Waals surface area contributed by atoms with Gasteiger partial charge in [-0.25, -0.2) is 0 Å². The molecule has 1 rings (SSSR count). The number of aryl methyl sites for hydroxylation is 1. The molecule has 0 spiro atoms. The largest absolute Gasteiger partial charge is 0.314 e. The lowest BCUT2D eigenvalue weighted by Crippen LogP contribution is -2.11. The number of hydrogen-bond donors (Lipinski definition) is 1. The van der Waals surface area contributed by atoms with Gasteiger partial charge in [-0.1, -0.05) is 6.92 Å². The summed E-state index contributed by atoms with van der Waals surface area (Å²) < 4.78 is 0. The molecule has 0 bridgehead atoms. The number of rotatable bonds is 3. The first-order valence-corrected chi connectivity index (χ1v) is 4.57. The van der Waals surface area contributed by atoms with Crippen molar-refractivity contribution in [2.24, 2.45) is 0 Å². The third-order valence-electron chi connectivity index (χ3n) is 1.59. The highest BCUT2D eigenvalue weighted by molar-refractivity contribution is 7.10. The fraction of sp³-hybridized carbons (Fsp3) is 0.500. The van der Waals surface area contributed by atoms with E-state index in [1.807, 2.05) is 0 Å². The maximum absolute atomic E-state index is 8.98. The Balaban J connectivity index is 2.68. The van der Waals surface area contributed by atoms with Crippen LogP contribution >= 0.6 is 11.3 Å². The van der Waals surface area contributed by atoms with Crippen molar-refractivity contribution in [1.29, 1.82) is 0 Å². The molecule has 0 aromatic carbocycles. The lowest BCUT2D eigenvalue weighted by Gasteiger charge is -2.06. The third kappa shape index (κ3) is 2.29. The molecule has 11 heavy (non-hydrogen) atoms. The minimum absolute atomic E-state index is 0.640. The van der Waals surface area contributed by atoms with E-state index in [0.717, 1.165) is 6.42 Å². The van der Waals surface area contributed by atoms with E-state index in [4.69, 9.17) is 5.21 Å². The highest BCUT2D eigenvalue weighted by atomic mass is 32.1. The third-order valence-corrected chi connectivity index (χ3v) is 2.54. The van der Waals surface area contributed by atoms with Crippen molar-refractivity contribution in [2.45, 2.75) is 19.9 Å². The standard InChI is InChI=1S/C8H13NOS/c1-3-7-4-5-11-8(7)6-9(2)10/h4-5,10H,3,6H2,1-2H3. The van der Waals surface area contributed by atoms with Crippen LogP contribution < -0.4 is 0 Å². The van der Waals surface area contributed by atoms with E-state index in [1.54, 1.807) is 18.4 Å². The Labute approximate surface area is 71.0 Å². The van der Waals surface area contributed by atoms with Crippen molar-refractivity contribution in [3.63, 3.8) is 0 Å². The SMILES string of the molecule is CCc1ccsc1CN(C)O. The van der Waals surface area contributed by atoms with Crippen LogP contribution in [0, 0.1) is 0 Å². The van der Waals surface area contributed by atoms with Gasteiger partial charge in [0.2, 0.25) is 0 Å². The molecule has 62 valence electrons. The van der Waals surface area contributed by atoms with E-state index in [9.17, 15) is 0 Å². The molecule has 0 amide bonds. The van der Waals surface area contributed by atoms with E-state index < -0.39 is 0 Å². The Morgan fingerprint density at radius 1 is 1.64 bits per heavy atom. The predicted molar refractivity (Wildman–Crippen MR) is 47.0 cm³/mol. The Hall–Kier alpha value is -0.380. The number of nitrogens with zero attached hydrogens (tertiary/aromatic N) is 1. The van der Waals surface area contributed by atoms with Crippen LogP contribution in [-0.2, 0) is 13.0 Å². The quantitative estimate of drug-likeness (QED) is 0.704. The van der Waals surface area contributed by atoms with Crippen LogP contribution in [0.5, 0.6) is 0 Å². The van der Waals surface area contributed by atoms with Gasteiger partial charge in [0.1, 0.15) is 0 Å². The zero-order valence-corrected chi connectivity index (χ0v) is 7.69.